The number of carbonyl (C=O) groups is 4. The van der Waals surface area contributed by atoms with Gasteiger partial charge in [0.05, 0.1) is 61.3 Å². The number of esters is 2. The Balaban J connectivity index is -0.0000000696. The molecule has 0 unspecified atom stereocenters. The van der Waals surface area contributed by atoms with Gasteiger partial charge in [0.25, 0.3) is 0 Å². The van der Waals surface area contributed by atoms with Gasteiger partial charge < -0.3 is 61.7 Å². The first kappa shape index (κ1) is 83.9. The Morgan fingerprint density at radius 3 is 1.18 bits per heavy atom. The van der Waals surface area contributed by atoms with Crippen LogP contribution < -0.4 is 236 Å². The third kappa shape index (κ3) is 29.0. The van der Waals surface area contributed by atoms with Crippen LogP contribution in [0.25, 0.3) is 0 Å². The van der Waals surface area contributed by atoms with E-state index in [2.05, 4.69) is 26.0 Å². The van der Waals surface area contributed by atoms with Gasteiger partial charge in [-0.2, -0.15) is 0 Å². The fourth-order valence-electron chi connectivity index (χ4n) is 9.04. The van der Waals surface area contributed by atoms with Crippen molar-refractivity contribution in [2.75, 3.05) is 0 Å². The largest absolute Gasteiger partial charge is 1.00 e. The smallest absolute Gasteiger partial charge is 1.00 e. The number of hydrogen-bond acceptors (Lipinski definition) is 12. The number of ether oxygens (including phenoxy) is 2. The number of carboxylic acids is 2. The minimum atomic E-state index is -1.10. The first-order valence-electron chi connectivity index (χ1n) is 22.0. The molecule has 4 aliphatic carbocycles. The molecule has 0 aromatic carbocycles. The average Bonchev–Trinajstić information content (AvgIpc) is 3.15. The summed E-state index contributed by atoms with van der Waals surface area (Å²) in [7, 11) is 0. The fourth-order valence-corrected chi connectivity index (χ4v) is 9.04. The van der Waals surface area contributed by atoms with Crippen molar-refractivity contribution in [1.29, 1.82) is 0 Å². The molecule has 16 atom stereocenters. The van der Waals surface area contributed by atoms with Crippen LogP contribution in [0, 0.1) is 47.3 Å². The molecule has 0 fully saturated rings. The van der Waals surface area contributed by atoms with Gasteiger partial charge in [0.15, 0.2) is 0 Å². The third-order valence-corrected chi connectivity index (χ3v) is 12.9. The maximum atomic E-state index is 12.4. The molecule has 22 heteroatoms. The SMILES string of the molecule is CC[C@H](C)C(=O)O[C@H]1C[C@H](O)C=C2C=C[C@H](C)[C@H](CC[C@@H](O)C[C@@H](O)CC(=O)O)[C@H]21.CC[C@H](C)C(=O)O[C@H]1C[C@H](O)C=C2C=C[C@H](C)[C@H](CC[C@@H](O)C[C@@H](O)CC(=O)O)[C@H]21.[H-].[H-].[H-].[H-].[H-].[H-].[H-].[H-].[Na+].[Na+].[Na+].[Na+].[Na+].[Na+].[Na+].[Na+]. The standard InChI is InChI=1S/2C23H36O7.8Na.8H/c2*1-4-13(2)23(29)30-20-11-17(25)9-15-6-5-14(3)19(22(15)20)8-7-16(24)10-18(26)12-21(27)28;;;;;;;;;;;;;;;;/h2*5-6,9,13-14,16-20,22,24-26H,4,7-8,10-12H2,1-3H3,(H,27,28);;;;;;;;;;;;;;;;/q;;8*+1;8*-1/t2*13-,14-,16+,17+,18+,19-,20-,22-;;;;;;;;;;;;;;;;/m00................/s1. The quantitative estimate of drug-likeness (QED) is 0.0417. The maximum absolute atomic E-state index is 12.4. The second kappa shape index (κ2) is 43.5. The molecule has 0 aromatic rings. The minimum absolute atomic E-state index is 0. The Bertz CT molecular complexity index is 1500. The normalized spacial score (nSPS) is 27.6. The van der Waals surface area contributed by atoms with Crippen molar-refractivity contribution in [3.05, 3.63) is 47.6 Å². The van der Waals surface area contributed by atoms with E-state index in [1.165, 1.54) is 0 Å². The van der Waals surface area contributed by atoms with Gasteiger partial charge in [0.1, 0.15) is 12.2 Å². The predicted molar refractivity (Wildman–Crippen MR) is 232 cm³/mol. The van der Waals surface area contributed by atoms with E-state index in [-0.39, 0.29) is 333 Å². The molecule has 0 radical (unpaired) electrons. The van der Waals surface area contributed by atoms with Crippen molar-refractivity contribution in [1.82, 2.24) is 0 Å². The van der Waals surface area contributed by atoms with Crippen LogP contribution in [-0.2, 0) is 28.7 Å². The molecule has 68 heavy (non-hydrogen) atoms. The summed E-state index contributed by atoms with van der Waals surface area (Å²) in [4.78, 5) is 46.3. The van der Waals surface area contributed by atoms with Crippen LogP contribution in [0.15, 0.2) is 47.6 Å². The van der Waals surface area contributed by atoms with Gasteiger partial charge in [0, 0.05) is 24.7 Å². The molecular weight excluding hydrogens is 960 g/mol. The van der Waals surface area contributed by atoms with Crippen molar-refractivity contribution in [3.8, 4) is 0 Å². The Hall–Kier alpha value is 4.60. The number of fused-ring (bicyclic) bond motifs is 2. The van der Waals surface area contributed by atoms with E-state index >= 15 is 0 Å². The van der Waals surface area contributed by atoms with E-state index in [0.29, 0.717) is 51.4 Å². The van der Waals surface area contributed by atoms with E-state index < -0.39 is 60.8 Å². The fraction of sp³-hybridized carbons (Fsp3) is 0.739. The van der Waals surface area contributed by atoms with Gasteiger partial charge in [-0.1, -0.05) is 78.0 Å². The van der Waals surface area contributed by atoms with Crippen LogP contribution in [0.5, 0.6) is 0 Å². The van der Waals surface area contributed by atoms with Crippen LogP contribution in [-0.4, -0.2) is 114 Å². The molecule has 8 N–H and O–H groups in total. The Morgan fingerprint density at radius 2 is 0.897 bits per heavy atom. The van der Waals surface area contributed by atoms with Crippen molar-refractivity contribution in [2.45, 2.75) is 167 Å². The van der Waals surface area contributed by atoms with Crippen molar-refractivity contribution in [2.24, 2.45) is 47.3 Å². The number of aliphatic carboxylic acids is 2. The number of allylic oxidation sites excluding steroid dienone is 4. The van der Waals surface area contributed by atoms with Crippen LogP contribution >= 0.6 is 0 Å². The summed E-state index contributed by atoms with van der Waals surface area (Å²) in [5, 5.41) is 78.1. The van der Waals surface area contributed by atoms with Crippen LogP contribution in [0.1, 0.15) is 130 Å². The van der Waals surface area contributed by atoms with Crippen LogP contribution in [0.2, 0.25) is 0 Å². The summed E-state index contributed by atoms with van der Waals surface area (Å²) < 4.78 is 11.7. The summed E-state index contributed by atoms with van der Waals surface area (Å²) in [5.74, 6) is -2.62. The number of carbonyl (C=O) groups excluding carboxylic acids is 2. The molecule has 0 aromatic heterocycles. The molecule has 4 aliphatic rings. The molecular formula is C46H80Na8O14. The molecule has 356 valence electrons. The maximum Gasteiger partial charge on any atom is 1.00 e. The van der Waals surface area contributed by atoms with E-state index in [0.717, 1.165) is 11.1 Å². The third-order valence-electron chi connectivity index (χ3n) is 12.9. The van der Waals surface area contributed by atoms with Gasteiger partial charge in [-0.15, -0.1) is 0 Å². The number of carboxylic acid groups (broad SMARTS) is 2. The zero-order valence-corrected chi connectivity index (χ0v) is 60.2. The molecule has 0 heterocycles. The van der Waals surface area contributed by atoms with E-state index in [9.17, 15) is 49.8 Å². The molecule has 0 spiro atoms. The average molecular weight is 1040 g/mol. The molecule has 0 bridgehead atoms. The van der Waals surface area contributed by atoms with Crippen molar-refractivity contribution >= 4 is 23.9 Å². The van der Waals surface area contributed by atoms with Gasteiger partial charge in [-0.3, -0.25) is 19.2 Å². The summed E-state index contributed by atoms with van der Waals surface area (Å²) >= 11 is 0. The monoisotopic (exact) mass is 1040 g/mol. The number of aliphatic hydroxyl groups is 6. The van der Waals surface area contributed by atoms with Gasteiger partial charge >= 0.3 is 260 Å². The van der Waals surface area contributed by atoms with Gasteiger partial charge in [0.2, 0.25) is 0 Å². The molecule has 14 nitrogen and oxygen atoms in total. The first-order chi connectivity index (χ1) is 28.2. The zero-order chi connectivity index (χ0) is 44.8. The molecule has 0 saturated carbocycles. The van der Waals surface area contributed by atoms with Crippen LogP contribution in [0.4, 0.5) is 0 Å². The summed E-state index contributed by atoms with van der Waals surface area (Å²) in [6, 6.07) is 0. The van der Waals surface area contributed by atoms with Crippen molar-refractivity contribution in [3.63, 3.8) is 0 Å². The molecule has 0 saturated heterocycles. The van der Waals surface area contributed by atoms with Gasteiger partial charge in [-0.25, -0.2) is 0 Å². The van der Waals surface area contributed by atoms with E-state index in [1.807, 2.05) is 52.0 Å². The second-order valence-electron chi connectivity index (χ2n) is 17.8. The van der Waals surface area contributed by atoms with Gasteiger partial charge in [-0.05, 0) is 86.2 Å². The summed E-state index contributed by atoms with van der Waals surface area (Å²) in [6.07, 6.45) is 9.28. The first-order valence-corrected chi connectivity index (χ1v) is 22.0. The molecule has 4 rings (SSSR count). The van der Waals surface area contributed by atoms with E-state index in [1.54, 1.807) is 0 Å². The minimum Gasteiger partial charge on any atom is -1.00 e. The second-order valence-corrected chi connectivity index (χ2v) is 17.8. The topological polar surface area (TPSA) is 249 Å². The number of hydrogen-bond donors (Lipinski definition) is 8. The van der Waals surface area contributed by atoms with Crippen LogP contribution in [0.3, 0.4) is 0 Å². The number of rotatable bonds is 20. The Morgan fingerprint density at radius 1 is 0.588 bits per heavy atom. The van der Waals surface area contributed by atoms with E-state index in [4.69, 9.17) is 19.7 Å². The molecule has 0 amide bonds. The summed E-state index contributed by atoms with van der Waals surface area (Å²) in [6.45, 7) is 11.7. The predicted octanol–water partition coefficient (Wildman–Crippen LogP) is -18.2. The van der Waals surface area contributed by atoms with Crippen molar-refractivity contribution < 1.29 is 317 Å². The summed E-state index contributed by atoms with van der Waals surface area (Å²) in [5.41, 5.74) is 1.92. The molecule has 0 aliphatic heterocycles. The Kier molecular flexibility index (Phi) is 53.7. The zero-order valence-electron chi connectivity index (χ0n) is 52.2. The Labute approximate surface area is 594 Å². The number of aliphatic hydroxyl groups excluding tert-OH is 6.